The third-order valence-electron chi connectivity index (χ3n) is 6.34. The van der Waals surface area contributed by atoms with E-state index in [2.05, 4.69) is 20.6 Å². The van der Waals surface area contributed by atoms with Gasteiger partial charge in [0.2, 0.25) is 5.88 Å². The molecular formula is C21H23F3N2O5S. The number of halogens is 3. The molecule has 5 atom stereocenters. The number of hydrogen-bond donors (Lipinski definition) is 1. The van der Waals surface area contributed by atoms with Crippen LogP contribution in [0.3, 0.4) is 0 Å². The number of ether oxygens (including phenoxy) is 1. The SMILES string of the molecule is C=C[C@H]1CN2CCC1C[C@H]2[C@H](O)c1cc(OS(=O)(=O)C(F)(F)F)nc2ccc(OC)cc12. The Morgan fingerprint density at radius 2 is 2.09 bits per heavy atom. The van der Waals surface area contributed by atoms with Crippen LogP contribution in [0.1, 0.15) is 24.5 Å². The van der Waals surface area contributed by atoms with Crippen molar-refractivity contribution in [2.45, 2.75) is 30.5 Å². The second-order valence-corrected chi connectivity index (χ2v) is 9.64. The summed E-state index contributed by atoms with van der Waals surface area (Å²) >= 11 is 0. The molecule has 3 aliphatic heterocycles. The molecule has 7 nitrogen and oxygen atoms in total. The molecule has 32 heavy (non-hydrogen) atoms. The predicted octanol–water partition coefficient (Wildman–Crippen LogP) is 3.40. The van der Waals surface area contributed by atoms with Crippen molar-refractivity contribution in [3.63, 3.8) is 0 Å². The van der Waals surface area contributed by atoms with E-state index in [1.165, 1.54) is 19.2 Å². The highest BCUT2D eigenvalue weighted by Gasteiger charge is 2.49. The molecule has 4 heterocycles. The second-order valence-electron chi connectivity index (χ2n) is 8.11. The average Bonchev–Trinajstić information content (AvgIpc) is 2.76. The van der Waals surface area contributed by atoms with Crippen molar-refractivity contribution in [1.82, 2.24) is 9.88 Å². The molecule has 3 aliphatic rings. The molecule has 11 heteroatoms. The van der Waals surface area contributed by atoms with Crippen LogP contribution in [0.4, 0.5) is 13.2 Å². The van der Waals surface area contributed by atoms with E-state index in [0.717, 1.165) is 25.6 Å². The number of nitrogens with zero attached hydrogens (tertiary/aromatic N) is 2. The minimum Gasteiger partial charge on any atom is -0.497 e. The summed E-state index contributed by atoms with van der Waals surface area (Å²) in [5.41, 5.74) is -5.19. The van der Waals surface area contributed by atoms with Gasteiger partial charge in [-0.2, -0.15) is 21.6 Å². The van der Waals surface area contributed by atoms with Crippen LogP contribution >= 0.6 is 0 Å². The van der Waals surface area contributed by atoms with Gasteiger partial charge >= 0.3 is 15.6 Å². The summed E-state index contributed by atoms with van der Waals surface area (Å²) in [6, 6.07) is 5.39. The molecule has 0 amide bonds. The summed E-state index contributed by atoms with van der Waals surface area (Å²) < 4.78 is 71.1. The smallest absolute Gasteiger partial charge is 0.497 e. The van der Waals surface area contributed by atoms with Gasteiger partial charge in [0, 0.05) is 24.0 Å². The van der Waals surface area contributed by atoms with E-state index in [0.29, 0.717) is 29.4 Å². The molecule has 0 spiro atoms. The van der Waals surface area contributed by atoms with E-state index >= 15 is 0 Å². The molecule has 1 N–H and O–H groups in total. The molecule has 2 aromatic rings. The lowest BCUT2D eigenvalue weighted by Crippen LogP contribution is -2.54. The van der Waals surface area contributed by atoms with Crippen molar-refractivity contribution in [2.75, 3.05) is 20.2 Å². The van der Waals surface area contributed by atoms with Gasteiger partial charge in [-0.25, -0.2) is 4.98 Å². The Kier molecular flexibility index (Phi) is 5.84. The molecule has 2 bridgehead atoms. The summed E-state index contributed by atoms with van der Waals surface area (Å²) in [5.74, 6) is 0.369. The minimum atomic E-state index is -5.91. The molecule has 1 aromatic carbocycles. The van der Waals surface area contributed by atoms with E-state index < -0.39 is 27.6 Å². The van der Waals surface area contributed by atoms with Crippen LogP contribution in [0.5, 0.6) is 11.6 Å². The molecule has 3 saturated heterocycles. The van der Waals surface area contributed by atoms with Gasteiger partial charge in [0.05, 0.1) is 18.7 Å². The number of aliphatic hydroxyl groups is 1. The lowest BCUT2D eigenvalue weighted by atomic mass is 9.73. The van der Waals surface area contributed by atoms with Gasteiger partial charge in [-0.05, 0) is 55.0 Å². The fourth-order valence-corrected chi connectivity index (χ4v) is 5.10. The fraction of sp³-hybridized carbons (Fsp3) is 0.476. The largest absolute Gasteiger partial charge is 0.534 e. The monoisotopic (exact) mass is 472 g/mol. The molecule has 3 fully saturated rings. The normalized spacial score (nSPS) is 26.7. The van der Waals surface area contributed by atoms with Crippen LogP contribution < -0.4 is 8.92 Å². The zero-order valence-corrected chi connectivity index (χ0v) is 18.1. The molecule has 5 rings (SSSR count). The third kappa shape index (κ3) is 4.04. The van der Waals surface area contributed by atoms with Gasteiger partial charge in [0.25, 0.3) is 0 Å². The van der Waals surface area contributed by atoms with Crippen molar-refractivity contribution in [1.29, 1.82) is 0 Å². The number of hydrogen-bond acceptors (Lipinski definition) is 7. The van der Waals surface area contributed by atoms with Crippen molar-refractivity contribution in [2.24, 2.45) is 11.8 Å². The Hall–Kier alpha value is -2.37. The first-order valence-electron chi connectivity index (χ1n) is 10.1. The quantitative estimate of drug-likeness (QED) is 0.392. The first kappa shape index (κ1) is 22.8. The molecule has 0 radical (unpaired) electrons. The Morgan fingerprint density at radius 1 is 1.34 bits per heavy atom. The highest BCUT2D eigenvalue weighted by atomic mass is 32.2. The van der Waals surface area contributed by atoms with E-state index in [1.807, 2.05) is 6.08 Å². The number of alkyl halides is 3. The number of rotatable bonds is 6. The van der Waals surface area contributed by atoms with Crippen molar-refractivity contribution < 1.29 is 35.6 Å². The van der Waals surface area contributed by atoms with E-state index in [1.54, 1.807) is 6.07 Å². The summed E-state index contributed by atoms with van der Waals surface area (Å²) in [4.78, 5) is 6.05. The first-order chi connectivity index (χ1) is 15.0. The summed E-state index contributed by atoms with van der Waals surface area (Å²) in [6.45, 7) is 5.40. The second kappa shape index (κ2) is 8.20. The number of fused-ring (bicyclic) bond motifs is 4. The van der Waals surface area contributed by atoms with Crippen LogP contribution in [-0.4, -0.2) is 55.2 Å². The van der Waals surface area contributed by atoms with E-state index in [4.69, 9.17) is 4.74 Å². The number of pyridine rings is 1. The van der Waals surface area contributed by atoms with Crippen LogP contribution in [0.25, 0.3) is 10.9 Å². The summed E-state index contributed by atoms with van der Waals surface area (Å²) in [7, 11) is -4.45. The number of benzene rings is 1. The average molecular weight is 472 g/mol. The first-order valence-corrected chi connectivity index (χ1v) is 11.5. The number of piperidine rings is 3. The third-order valence-corrected chi connectivity index (χ3v) is 7.30. The van der Waals surface area contributed by atoms with Gasteiger partial charge in [-0.3, -0.25) is 4.90 Å². The molecule has 0 aliphatic carbocycles. The van der Waals surface area contributed by atoms with Gasteiger partial charge in [0.15, 0.2) is 0 Å². The lowest BCUT2D eigenvalue weighted by molar-refractivity contribution is -0.0502. The standard InChI is InChI=1S/C21H23F3N2O5S/c1-3-12-11-26-7-6-13(12)8-18(26)20(27)16-10-19(31-32(28,29)21(22,23)24)25-17-5-4-14(30-2)9-15(16)17/h3-5,9-10,12-13,18,20,27H,1,6-8,11H2,2H3/t12-,13?,18-,20+/m0/s1. The highest BCUT2D eigenvalue weighted by molar-refractivity contribution is 7.87. The van der Waals surface area contributed by atoms with Gasteiger partial charge < -0.3 is 14.0 Å². The highest BCUT2D eigenvalue weighted by Crippen LogP contribution is 2.43. The molecule has 0 saturated carbocycles. The number of methoxy groups -OCH3 is 1. The minimum absolute atomic E-state index is 0.176. The van der Waals surface area contributed by atoms with Gasteiger partial charge in [0.1, 0.15) is 5.75 Å². The lowest BCUT2D eigenvalue weighted by Gasteiger charge is -2.50. The van der Waals surface area contributed by atoms with Crippen LogP contribution in [0, 0.1) is 11.8 Å². The predicted molar refractivity (Wildman–Crippen MR) is 111 cm³/mol. The topological polar surface area (TPSA) is 89.0 Å². The Morgan fingerprint density at radius 3 is 2.69 bits per heavy atom. The molecule has 174 valence electrons. The van der Waals surface area contributed by atoms with Gasteiger partial charge in [-0.1, -0.05) is 6.08 Å². The van der Waals surface area contributed by atoms with E-state index in [-0.39, 0.29) is 17.1 Å². The zero-order valence-electron chi connectivity index (χ0n) is 17.2. The van der Waals surface area contributed by atoms with Crippen molar-refractivity contribution in [3.8, 4) is 11.6 Å². The number of aliphatic hydroxyl groups excluding tert-OH is 1. The Labute approximate surface area is 183 Å². The molecule has 2 unspecified atom stereocenters. The number of aromatic nitrogens is 1. The Balaban J connectivity index is 1.77. The summed E-state index contributed by atoms with van der Waals surface area (Å²) in [6.07, 6.45) is 2.48. The maximum atomic E-state index is 12.8. The summed E-state index contributed by atoms with van der Waals surface area (Å²) in [5, 5.41) is 11.7. The molecule has 1 aromatic heterocycles. The maximum absolute atomic E-state index is 12.8. The maximum Gasteiger partial charge on any atom is 0.534 e. The van der Waals surface area contributed by atoms with Crippen molar-refractivity contribution in [3.05, 3.63) is 42.5 Å². The fourth-order valence-electron chi connectivity index (χ4n) is 4.69. The van der Waals surface area contributed by atoms with Crippen LogP contribution in [0.15, 0.2) is 36.9 Å². The molecular weight excluding hydrogens is 449 g/mol. The van der Waals surface area contributed by atoms with Gasteiger partial charge in [-0.15, -0.1) is 6.58 Å². The van der Waals surface area contributed by atoms with Crippen LogP contribution in [-0.2, 0) is 10.1 Å². The van der Waals surface area contributed by atoms with Crippen LogP contribution in [0.2, 0.25) is 0 Å². The van der Waals surface area contributed by atoms with E-state index in [9.17, 15) is 26.7 Å². The van der Waals surface area contributed by atoms with Crippen molar-refractivity contribution >= 4 is 21.0 Å². The Bertz CT molecular complexity index is 1140. The zero-order chi connectivity index (χ0) is 23.3.